The fraction of sp³-hybridized carbons (Fsp3) is 0.550. The summed E-state index contributed by atoms with van der Waals surface area (Å²) in [6.07, 6.45) is 3.60. The Bertz CT molecular complexity index is 874. The molecule has 1 aliphatic rings. The number of hydrogen-bond acceptors (Lipinski definition) is 6. The van der Waals surface area contributed by atoms with E-state index in [9.17, 15) is 15.3 Å². The Morgan fingerprint density at radius 3 is 2.56 bits per heavy atom. The van der Waals surface area contributed by atoms with Gasteiger partial charge in [0.2, 0.25) is 4.80 Å². The molecule has 27 heavy (non-hydrogen) atoms. The van der Waals surface area contributed by atoms with Gasteiger partial charge in [0, 0.05) is 29.8 Å². The highest BCUT2D eigenvalue weighted by atomic mass is 32.1. The van der Waals surface area contributed by atoms with E-state index in [1.165, 1.54) is 25.0 Å². The molecule has 3 unspecified atom stereocenters. The predicted molar refractivity (Wildman–Crippen MR) is 108 cm³/mol. The van der Waals surface area contributed by atoms with Gasteiger partial charge >= 0.3 is 0 Å². The highest BCUT2D eigenvalue weighted by Crippen LogP contribution is 2.35. The normalized spacial score (nSPS) is 23.1. The molecule has 7 heteroatoms. The van der Waals surface area contributed by atoms with Crippen molar-refractivity contribution < 1.29 is 15.3 Å². The predicted octanol–water partition coefficient (Wildman–Crippen LogP) is 3.47. The molecule has 0 radical (unpaired) electrons. The number of phenols is 3. The van der Waals surface area contributed by atoms with Crippen molar-refractivity contribution in [1.29, 1.82) is 0 Å². The average Bonchev–Trinajstić information content (AvgIpc) is 3.15. The van der Waals surface area contributed by atoms with Crippen LogP contribution in [0.5, 0.6) is 17.2 Å². The summed E-state index contributed by atoms with van der Waals surface area (Å²) in [7, 11) is 1.93. The van der Waals surface area contributed by atoms with Gasteiger partial charge in [-0.25, -0.2) is 4.68 Å². The monoisotopic (exact) mass is 391 g/mol. The summed E-state index contributed by atoms with van der Waals surface area (Å²) in [6.45, 7) is 6.95. The van der Waals surface area contributed by atoms with E-state index < -0.39 is 0 Å². The Morgan fingerprint density at radius 1 is 1.19 bits per heavy atom. The van der Waals surface area contributed by atoms with Crippen LogP contribution in [0.2, 0.25) is 0 Å². The summed E-state index contributed by atoms with van der Waals surface area (Å²) in [5.74, 6) is 0.750. The zero-order chi connectivity index (χ0) is 19.7. The molecule has 1 saturated carbocycles. The van der Waals surface area contributed by atoms with E-state index in [0.717, 1.165) is 22.8 Å². The molecule has 1 heterocycles. The fourth-order valence-electron chi connectivity index (χ4n) is 3.95. The maximum Gasteiger partial charge on any atom is 0.204 e. The lowest BCUT2D eigenvalue weighted by Gasteiger charge is -2.23. The van der Waals surface area contributed by atoms with E-state index in [4.69, 9.17) is 4.99 Å². The van der Waals surface area contributed by atoms with Crippen molar-refractivity contribution in [2.75, 3.05) is 12.1 Å². The Hall–Kier alpha value is -2.15. The quantitative estimate of drug-likeness (QED) is 0.538. The van der Waals surface area contributed by atoms with Crippen molar-refractivity contribution in [3.8, 4) is 17.2 Å². The van der Waals surface area contributed by atoms with Crippen molar-refractivity contribution in [3.05, 3.63) is 33.6 Å². The van der Waals surface area contributed by atoms with Gasteiger partial charge in [-0.3, -0.25) is 4.99 Å². The van der Waals surface area contributed by atoms with Crippen LogP contribution in [0.3, 0.4) is 0 Å². The smallest absolute Gasteiger partial charge is 0.204 e. The minimum atomic E-state index is -0.324. The Balaban J connectivity index is 1.88. The molecule has 1 aromatic heterocycles. The Morgan fingerprint density at radius 2 is 1.89 bits per heavy atom. The second kappa shape index (κ2) is 7.84. The van der Waals surface area contributed by atoms with Gasteiger partial charge in [0.1, 0.15) is 5.75 Å². The number of aromatic nitrogens is 1. The molecule has 0 bridgehead atoms. The van der Waals surface area contributed by atoms with Crippen LogP contribution in [0, 0.1) is 18.8 Å². The second-order valence-corrected chi connectivity index (χ2v) is 8.51. The van der Waals surface area contributed by atoms with Crippen LogP contribution in [-0.4, -0.2) is 33.1 Å². The molecule has 1 fully saturated rings. The first-order valence-corrected chi connectivity index (χ1v) is 10.3. The van der Waals surface area contributed by atoms with Crippen molar-refractivity contribution in [1.82, 2.24) is 4.68 Å². The van der Waals surface area contributed by atoms with Crippen molar-refractivity contribution in [3.63, 3.8) is 0 Å². The highest BCUT2D eigenvalue weighted by Gasteiger charge is 2.30. The largest absolute Gasteiger partial charge is 0.507 e. The lowest BCUT2D eigenvalue weighted by atomic mass is 10.0. The van der Waals surface area contributed by atoms with Crippen molar-refractivity contribution >= 4 is 11.3 Å². The van der Waals surface area contributed by atoms with Crippen LogP contribution in [0.25, 0.3) is 0 Å². The van der Waals surface area contributed by atoms with Gasteiger partial charge in [-0.2, -0.15) is 0 Å². The first kappa shape index (κ1) is 19.6. The molecule has 0 spiro atoms. The summed E-state index contributed by atoms with van der Waals surface area (Å²) >= 11 is 1.63. The third-order valence-electron chi connectivity index (χ3n) is 5.56. The van der Waals surface area contributed by atoms with E-state index >= 15 is 0 Å². The molecule has 0 aliphatic heterocycles. The van der Waals surface area contributed by atoms with Gasteiger partial charge in [0.25, 0.3) is 0 Å². The van der Waals surface area contributed by atoms with E-state index in [1.807, 2.05) is 19.0 Å². The van der Waals surface area contributed by atoms with Crippen LogP contribution < -0.4 is 9.81 Å². The number of hydrogen-bond donors (Lipinski definition) is 3. The molecule has 1 aliphatic carbocycles. The van der Waals surface area contributed by atoms with E-state index in [0.29, 0.717) is 24.1 Å². The maximum absolute atomic E-state index is 10.1. The van der Waals surface area contributed by atoms with E-state index in [2.05, 4.69) is 23.9 Å². The molecule has 0 amide bonds. The molecule has 1 aromatic carbocycles. The molecule has 3 rings (SSSR count). The third kappa shape index (κ3) is 4.08. The lowest BCUT2D eigenvalue weighted by Crippen LogP contribution is -2.38. The number of thiazole rings is 1. The van der Waals surface area contributed by atoms with Gasteiger partial charge < -0.3 is 20.3 Å². The maximum atomic E-state index is 10.1. The van der Waals surface area contributed by atoms with Crippen LogP contribution in [0.15, 0.2) is 22.5 Å². The zero-order valence-electron chi connectivity index (χ0n) is 16.4. The first-order chi connectivity index (χ1) is 12.8. The molecule has 3 atom stereocenters. The summed E-state index contributed by atoms with van der Waals surface area (Å²) < 4.78 is 2.06. The number of rotatable bonds is 5. The Kier molecular flexibility index (Phi) is 5.69. The zero-order valence-corrected chi connectivity index (χ0v) is 17.2. The van der Waals surface area contributed by atoms with Crippen LogP contribution in [0.1, 0.15) is 44.4 Å². The molecule has 6 nitrogen and oxygen atoms in total. The highest BCUT2D eigenvalue weighted by molar-refractivity contribution is 7.07. The van der Waals surface area contributed by atoms with Crippen molar-refractivity contribution in [2.24, 2.45) is 16.8 Å². The fourth-order valence-corrected chi connectivity index (χ4v) is 4.91. The van der Waals surface area contributed by atoms with Gasteiger partial charge in [-0.15, -0.1) is 11.3 Å². The van der Waals surface area contributed by atoms with Gasteiger partial charge in [0.05, 0.1) is 12.6 Å². The minimum Gasteiger partial charge on any atom is -0.507 e. The average molecular weight is 392 g/mol. The SMILES string of the molecule is CCC1CC(C)C(N=c2scc(C)n2N(C)Cc2cc(O)c(O)cc2O)C1. The summed E-state index contributed by atoms with van der Waals surface area (Å²) in [6, 6.07) is 2.91. The van der Waals surface area contributed by atoms with E-state index in [1.54, 1.807) is 11.3 Å². The number of nitrogens with zero attached hydrogens (tertiary/aromatic N) is 3. The topological polar surface area (TPSA) is 81.2 Å². The number of benzene rings is 1. The number of aryl methyl sites for hydroxylation is 1. The first-order valence-electron chi connectivity index (χ1n) is 9.46. The minimum absolute atomic E-state index is 0.0423. The van der Waals surface area contributed by atoms with Gasteiger partial charge in [0.15, 0.2) is 11.5 Å². The molecule has 3 N–H and O–H groups in total. The lowest BCUT2D eigenvalue weighted by molar-refractivity contribution is 0.393. The standard InChI is InChI=1S/C20H29N3O3S/c1-5-14-6-12(2)16(7-14)21-20-23(13(3)11-27-20)22(4)10-15-8-18(25)19(26)9-17(15)24/h8-9,11-12,14,16,24-26H,5-7,10H2,1-4H3. The number of aromatic hydroxyl groups is 3. The molecular formula is C20H29N3O3S. The second-order valence-electron chi connectivity index (χ2n) is 7.68. The van der Waals surface area contributed by atoms with E-state index in [-0.39, 0.29) is 17.2 Å². The third-order valence-corrected chi connectivity index (χ3v) is 6.51. The molecule has 2 aromatic rings. The summed E-state index contributed by atoms with van der Waals surface area (Å²) in [5.41, 5.74) is 1.61. The molecule has 148 valence electrons. The van der Waals surface area contributed by atoms with Gasteiger partial charge in [-0.1, -0.05) is 20.3 Å². The van der Waals surface area contributed by atoms with Gasteiger partial charge in [-0.05, 0) is 37.7 Å². The van der Waals surface area contributed by atoms with Crippen LogP contribution in [-0.2, 0) is 6.54 Å². The number of phenolic OH excluding ortho intramolecular Hbond substituents is 3. The molecular weight excluding hydrogens is 362 g/mol. The Labute approximate surface area is 164 Å². The summed E-state index contributed by atoms with van der Waals surface area (Å²) in [4.78, 5) is 6.01. The summed E-state index contributed by atoms with van der Waals surface area (Å²) in [5, 5.41) is 33.4. The van der Waals surface area contributed by atoms with Crippen LogP contribution in [0.4, 0.5) is 0 Å². The molecule has 0 saturated heterocycles. The van der Waals surface area contributed by atoms with Crippen molar-refractivity contribution in [2.45, 2.75) is 52.6 Å². The van der Waals surface area contributed by atoms with Crippen LogP contribution >= 0.6 is 11.3 Å².